The zero-order valence-electron chi connectivity index (χ0n) is 32.3. The van der Waals surface area contributed by atoms with E-state index in [9.17, 15) is 0 Å². The second-order valence-electron chi connectivity index (χ2n) is 21.5. The Morgan fingerprint density at radius 1 is 0.280 bits per heavy atom. The summed E-state index contributed by atoms with van der Waals surface area (Å²) in [5.41, 5.74) is 0. The molecule has 0 radical (unpaired) electrons. The molecule has 3 heterocycles. The van der Waals surface area contributed by atoms with Crippen LogP contribution in [0.15, 0.2) is 0 Å². The van der Waals surface area contributed by atoms with Gasteiger partial charge in [0.25, 0.3) is 0 Å². The van der Waals surface area contributed by atoms with E-state index >= 15 is 0 Å². The molecule has 0 spiro atoms. The SMILES string of the molecule is C1CCC2C(C1)C1CCCCC1C1CC(N3C4CCCCC4C4CCC(C5CCC6C7CCCCC7N(C7CCNCC7)C6C5)CC43)CCC21. The lowest BCUT2D eigenvalue weighted by Crippen LogP contribution is -2.56. The summed E-state index contributed by atoms with van der Waals surface area (Å²) in [5, 5.41) is 3.73. The van der Waals surface area contributed by atoms with E-state index in [-0.39, 0.29) is 0 Å². The predicted molar refractivity (Wildman–Crippen MR) is 206 cm³/mol. The summed E-state index contributed by atoms with van der Waals surface area (Å²) in [6.07, 6.45) is 42.3. The highest BCUT2D eigenvalue weighted by molar-refractivity contribution is 5.11. The summed E-state index contributed by atoms with van der Waals surface area (Å²) in [5.74, 6) is 13.0. The number of nitrogens with zero attached hydrogens (tertiary/aromatic N) is 2. The first-order valence-corrected chi connectivity index (χ1v) is 24.1. The van der Waals surface area contributed by atoms with Crippen LogP contribution < -0.4 is 5.32 Å². The van der Waals surface area contributed by atoms with Crippen molar-refractivity contribution in [2.45, 2.75) is 210 Å². The summed E-state index contributed by atoms with van der Waals surface area (Å²) in [7, 11) is 0. The fourth-order valence-corrected chi connectivity index (χ4v) is 18.6. The minimum Gasteiger partial charge on any atom is -0.317 e. The molecule has 11 aliphatic rings. The molecule has 3 heteroatoms. The maximum absolute atomic E-state index is 3.73. The van der Waals surface area contributed by atoms with Crippen molar-refractivity contribution < 1.29 is 0 Å². The quantitative estimate of drug-likeness (QED) is 0.319. The third-order valence-corrected chi connectivity index (χ3v) is 20.2. The van der Waals surface area contributed by atoms with Crippen LogP contribution in [0.2, 0.25) is 0 Å². The number of likely N-dealkylation sites (tertiary alicyclic amines) is 2. The molecule has 280 valence electrons. The molecule has 0 bridgehead atoms. The molecule has 17 atom stereocenters. The van der Waals surface area contributed by atoms with E-state index in [0.29, 0.717) is 0 Å². The predicted octanol–water partition coefficient (Wildman–Crippen LogP) is 10.5. The number of rotatable bonds is 3. The van der Waals surface area contributed by atoms with Crippen LogP contribution in [-0.2, 0) is 0 Å². The molecule has 0 aromatic carbocycles. The molecule has 50 heavy (non-hydrogen) atoms. The van der Waals surface area contributed by atoms with E-state index in [1.807, 2.05) is 0 Å². The third kappa shape index (κ3) is 5.46. The Hall–Kier alpha value is -0.120. The van der Waals surface area contributed by atoms with Gasteiger partial charge in [0.15, 0.2) is 0 Å². The van der Waals surface area contributed by atoms with Gasteiger partial charge >= 0.3 is 0 Å². The molecule has 0 aromatic heterocycles. The Morgan fingerprint density at radius 3 is 1.22 bits per heavy atom. The molecule has 3 nitrogen and oxygen atoms in total. The number of piperidine rings is 1. The molecular formula is C47H77N3. The molecule has 11 fully saturated rings. The van der Waals surface area contributed by atoms with Gasteiger partial charge in [-0.1, -0.05) is 51.4 Å². The fraction of sp³-hybridized carbons (Fsp3) is 1.00. The first-order chi connectivity index (χ1) is 24.8. The smallest absolute Gasteiger partial charge is 0.0135 e. The Bertz CT molecular complexity index is 1160. The zero-order valence-corrected chi connectivity index (χ0v) is 32.3. The minimum atomic E-state index is 0.891. The maximum Gasteiger partial charge on any atom is 0.0135 e. The van der Waals surface area contributed by atoms with Crippen molar-refractivity contribution in [3.8, 4) is 0 Å². The van der Waals surface area contributed by atoms with Gasteiger partial charge in [-0.25, -0.2) is 0 Å². The summed E-state index contributed by atoms with van der Waals surface area (Å²) >= 11 is 0. The highest BCUT2D eigenvalue weighted by Crippen LogP contribution is 2.62. The Kier molecular flexibility index (Phi) is 9.22. The molecule has 1 N–H and O–H groups in total. The second kappa shape index (κ2) is 13.9. The molecule has 8 aliphatic carbocycles. The van der Waals surface area contributed by atoms with Crippen LogP contribution in [0.4, 0.5) is 0 Å². The van der Waals surface area contributed by atoms with E-state index in [0.717, 1.165) is 107 Å². The standard InChI is InChI=1S/C47H77N3/c1-2-11-36-34(9-1)35-10-3-4-12-37(35)43-29-33(19-22-38(36)43)50-45-16-8-6-14-40(45)42-21-18-31(28-47(42)50)30-17-20-41-39-13-5-7-15-44(39)49(46(41)27-30)32-23-25-48-26-24-32/h30-48H,1-29H2. The Labute approximate surface area is 308 Å². The van der Waals surface area contributed by atoms with Crippen LogP contribution in [0.5, 0.6) is 0 Å². The summed E-state index contributed by atoms with van der Waals surface area (Å²) < 4.78 is 0. The van der Waals surface area contributed by atoms with Gasteiger partial charge in [0.1, 0.15) is 0 Å². The normalized spacial score (nSPS) is 54.4. The van der Waals surface area contributed by atoms with Crippen LogP contribution in [0.3, 0.4) is 0 Å². The number of hydrogen-bond donors (Lipinski definition) is 1. The van der Waals surface area contributed by atoms with E-state index in [1.165, 1.54) is 51.6 Å². The Morgan fingerprint density at radius 2 is 0.680 bits per heavy atom. The van der Waals surface area contributed by atoms with Gasteiger partial charge in [-0.15, -0.1) is 0 Å². The van der Waals surface area contributed by atoms with E-state index in [4.69, 9.17) is 0 Å². The van der Waals surface area contributed by atoms with Gasteiger partial charge in [0.2, 0.25) is 0 Å². The molecule has 0 aromatic rings. The van der Waals surface area contributed by atoms with Crippen molar-refractivity contribution in [2.24, 2.45) is 71.0 Å². The second-order valence-corrected chi connectivity index (χ2v) is 21.5. The summed E-state index contributed by atoms with van der Waals surface area (Å²) in [6.45, 7) is 2.54. The highest BCUT2D eigenvalue weighted by Gasteiger charge is 2.59. The summed E-state index contributed by atoms with van der Waals surface area (Å²) in [6, 6.07) is 5.66. The van der Waals surface area contributed by atoms with Crippen LogP contribution in [0.1, 0.15) is 173 Å². The third-order valence-electron chi connectivity index (χ3n) is 20.2. The Balaban J connectivity index is 0.838. The molecule has 3 saturated heterocycles. The molecule has 3 aliphatic heterocycles. The number of fused-ring (bicyclic) bond motifs is 12. The first kappa shape index (κ1) is 33.2. The fourth-order valence-electron chi connectivity index (χ4n) is 18.6. The monoisotopic (exact) mass is 684 g/mol. The van der Waals surface area contributed by atoms with E-state index in [1.54, 1.807) is 135 Å². The first-order valence-electron chi connectivity index (χ1n) is 24.1. The molecular weight excluding hydrogens is 607 g/mol. The largest absolute Gasteiger partial charge is 0.317 e. The van der Waals surface area contributed by atoms with Crippen LogP contribution in [0, 0.1) is 71.0 Å². The molecule has 8 saturated carbocycles. The number of nitrogens with one attached hydrogen (secondary N) is 1. The van der Waals surface area contributed by atoms with Gasteiger partial charge in [0.05, 0.1) is 0 Å². The van der Waals surface area contributed by atoms with Gasteiger partial charge < -0.3 is 5.32 Å². The van der Waals surface area contributed by atoms with E-state index in [2.05, 4.69) is 15.1 Å². The van der Waals surface area contributed by atoms with Crippen molar-refractivity contribution in [3.63, 3.8) is 0 Å². The van der Waals surface area contributed by atoms with E-state index < -0.39 is 0 Å². The highest BCUT2D eigenvalue weighted by atomic mass is 15.3. The molecule has 11 rings (SSSR count). The van der Waals surface area contributed by atoms with Crippen LogP contribution in [-0.4, -0.2) is 59.1 Å². The van der Waals surface area contributed by atoms with Gasteiger partial charge in [-0.05, 0) is 206 Å². The molecule has 0 amide bonds. The van der Waals surface area contributed by atoms with Gasteiger partial charge in [-0.3, -0.25) is 9.80 Å². The van der Waals surface area contributed by atoms with Crippen molar-refractivity contribution in [1.82, 2.24) is 15.1 Å². The van der Waals surface area contributed by atoms with Gasteiger partial charge in [-0.2, -0.15) is 0 Å². The minimum absolute atomic E-state index is 0.891. The lowest BCUT2D eigenvalue weighted by atomic mass is 9.48. The molecule has 17 unspecified atom stereocenters. The topological polar surface area (TPSA) is 18.5 Å². The zero-order chi connectivity index (χ0) is 32.8. The lowest BCUT2D eigenvalue weighted by molar-refractivity contribution is -0.0992. The van der Waals surface area contributed by atoms with Crippen molar-refractivity contribution in [3.05, 3.63) is 0 Å². The van der Waals surface area contributed by atoms with Crippen molar-refractivity contribution >= 4 is 0 Å². The maximum atomic E-state index is 3.73. The van der Waals surface area contributed by atoms with Crippen LogP contribution in [0.25, 0.3) is 0 Å². The van der Waals surface area contributed by atoms with Crippen molar-refractivity contribution in [1.29, 1.82) is 0 Å². The average molecular weight is 684 g/mol. The number of hydrogen-bond acceptors (Lipinski definition) is 3. The van der Waals surface area contributed by atoms with Crippen LogP contribution >= 0.6 is 0 Å². The lowest BCUT2D eigenvalue weighted by Gasteiger charge is -2.59. The average Bonchev–Trinajstić information content (AvgIpc) is 3.70. The summed E-state index contributed by atoms with van der Waals surface area (Å²) in [4.78, 5) is 6.72. The van der Waals surface area contributed by atoms with Crippen molar-refractivity contribution in [2.75, 3.05) is 13.1 Å². The van der Waals surface area contributed by atoms with Gasteiger partial charge in [0, 0.05) is 36.3 Å².